The van der Waals surface area contributed by atoms with Gasteiger partial charge >= 0.3 is 0 Å². The highest BCUT2D eigenvalue weighted by Crippen LogP contribution is 2.26. The molecule has 0 bridgehead atoms. The summed E-state index contributed by atoms with van der Waals surface area (Å²) in [6.07, 6.45) is 0. The average Bonchev–Trinajstić information content (AvgIpc) is 2.41. The molecule has 0 unspecified atom stereocenters. The maximum atomic E-state index is 12.4. The zero-order valence-electron chi connectivity index (χ0n) is 10.5. The minimum absolute atomic E-state index is 0.00790. The Balaban J connectivity index is 2.46. The first-order chi connectivity index (χ1) is 9.83. The van der Waals surface area contributed by atoms with Gasteiger partial charge in [0, 0.05) is 14.3 Å². The Morgan fingerprint density at radius 3 is 2.57 bits per heavy atom. The number of nitrogens with one attached hydrogen (secondary N) is 1. The van der Waals surface area contributed by atoms with Crippen LogP contribution in [-0.4, -0.2) is 8.42 Å². The van der Waals surface area contributed by atoms with Gasteiger partial charge in [0.25, 0.3) is 10.0 Å². The third kappa shape index (κ3) is 3.58. The van der Waals surface area contributed by atoms with Gasteiger partial charge in [0.1, 0.15) is 11.0 Å². The normalized spacial score (nSPS) is 10.9. The predicted octanol–water partition coefficient (Wildman–Crippen LogP) is 3.20. The number of nitrogen functional groups attached to an aromatic ring is 1. The molecule has 0 aromatic heterocycles. The standard InChI is InChI=1S/C13H9ClIN3O2S/c14-9-1-3-12(11(15)6-9)18-21(19,20)13-4-2-10(17)5-8(13)7-16/h1-6,18H,17H2. The fraction of sp³-hybridized carbons (Fsp3) is 0. The van der Waals surface area contributed by atoms with Gasteiger partial charge in [-0.25, -0.2) is 8.42 Å². The fourth-order valence-corrected chi connectivity index (χ4v) is 4.05. The average molecular weight is 434 g/mol. The van der Waals surface area contributed by atoms with Crippen molar-refractivity contribution in [2.24, 2.45) is 0 Å². The summed E-state index contributed by atoms with van der Waals surface area (Å²) in [7, 11) is -3.88. The summed E-state index contributed by atoms with van der Waals surface area (Å²) in [6.45, 7) is 0. The summed E-state index contributed by atoms with van der Waals surface area (Å²) in [6, 6.07) is 10.7. The molecular formula is C13H9ClIN3O2S. The smallest absolute Gasteiger partial charge is 0.263 e. The molecule has 2 aromatic carbocycles. The van der Waals surface area contributed by atoms with E-state index in [1.807, 2.05) is 28.7 Å². The van der Waals surface area contributed by atoms with Crippen LogP contribution < -0.4 is 10.5 Å². The molecule has 0 atom stereocenters. The lowest BCUT2D eigenvalue weighted by Gasteiger charge is -2.11. The van der Waals surface area contributed by atoms with Gasteiger partial charge < -0.3 is 5.73 Å². The van der Waals surface area contributed by atoms with E-state index >= 15 is 0 Å². The van der Waals surface area contributed by atoms with Crippen LogP contribution in [0, 0.1) is 14.9 Å². The van der Waals surface area contributed by atoms with Crippen molar-refractivity contribution < 1.29 is 8.42 Å². The van der Waals surface area contributed by atoms with Crippen molar-refractivity contribution >= 4 is 55.6 Å². The van der Waals surface area contributed by atoms with Crippen LogP contribution in [-0.2, 0) is 10.0 Å². The summed E-state index contributed by atoms with van der Waals surface area (Å²) in [5, 5.41) is 9.55. The van der Waals surface area contributed by atoms with Crippen molar-refractivity contribution in [2.45, 2.75) is 4.90 Å². The predicted molar refractivity (Wildman–Crippen MR) is 90.5 cm³/mol. The molecule has 0 aliphatic carbocycles. The Morgan fingerprint density at radius 1 is 1.24 bits per heavy atom. The third-order valence-corrected chi connectivity index (χ3v) is 5.14. The van der Waals surface area contributed by atoms with Crippen molar-refractivity contribution in [1.82, 2.24) is 0 Å². The molecule has 0 aliphatic heterocycles. The van der Waals surface area contributed by atoms with E-state index in [4.69, 9.17) is 22.6 Å². The van der Waals surface area contributed by atoms with Crippen LogP contribution in [0.2, 0.25) is 5.02 Å². The summed E-state index contributed by atoms with van der Waals surface area (Å²) in [5.41, 5.74) is 6.26. The molecule has 0 heterocycles. The number of benzene rings is 2. The van der Waals surface area contributed by atoms with Crippen LogP contribution in [0.4, 0.5) is 11.4 Å². The molecule has 0 spiro atoms. The van der Waals surface area contributed by atoms with Gasteiger partial charge in [-0.3, -0.25) is 4.72 Å². The monoisotopic (exact) mass is 433 g/mol. The Hall–Kier alpha value is -1.50. The van der Waals surface area contributed by atoms with Gasteiger partial charge in [-0.05, 0) is 59.0 Å². The second-order valence-electron chi connectivity index (χ2n) is 4.10. The molecule has 0 fully saturated rings. The Morgan fingerprint density at radius 2 is 1.95 bits per heavy atom. The van der Waals surface area contributed by atoms with E-state index < -0.39 is 10.0 Å². The zero-order valence-corrected chi connectivity index (χ0v) is 14.2. The van der Waals surface area contributed by atoms with Gasteiger partial charge in [-0.2, -0.15) is 5.26 Å². The van der Waals surface area contributed by atoms with E-state index in [9.17, 15) is 8.42 Å². The molecule has 0 radical (unpaired) electrons. The number of anilines is 2. The van der Waals surface area contributed by atoms with Gasteiger partial charge in [-0.1, -0.05) is 11.6 Å². The second kappa shape index (κ2) is 6.09. The number of nitrogens with zero attached hydrogens (tertiary/aromatic N) is 1. The first kappa shape index (κ1) is 15.9. The van der Waals surface area contributed by atoms with Crippen LogP contribution in [0.25, 0.3) is 0 Å². The quantitative estimate of drug-likeness (QED) is 0.574. The van der Waals surface area contributed by atoms with Crippen LogP contribution >= 0.6 is 34.2 Å². The molecule has 2 rings (SSSR count). The van der Waals surface area contributed by atoms with Gasteiger partial charge in [0.05, 0.1) is 11.3 Å². The third-order valence-electron chi connectivity index (χ3n) is 2.59. The molecule has 5 nitrogen and oxygen atoms in total. The zero-order chi connectivity index (χ0) is 15.6. The lowest BCUT2D eigenvalue weighted by atomic mass is 10.2. The van der Waals surface area contributed by atoms with Crippen molar-refractivity contribution in [3.8, 4) is 6.07 Å². The van der Waals surface area contributed by atoms with Gasteiger partial charge in [0.15, 0.2) is 0 Å². The molecule has 3 N–H and O–H groups in total. The van der Waals surface area contributed by atoms with E-state index in [1.54, 1.807) is 18.2 Å². The number of nitriles is 1. The minimum Gasteiger partial charge on any atom is -0.399 e. The summed E-state index contributed by atoms with van der Waals surface area (Å²) in [5.74, 6) is 0. The van der Waals surface area contributed by atoms with Crippen molar-refractivity contribution in [3.05, 3.63) is 50.6 Å². The highest BCUT2D eigenvalue weighted by molar-refractivity contribution is 14.1. The van der Waals surface area contributed by atoms with E-state index in [1.165, 1.54) is 18.2 Å². The molecule has 0 saturated carbocycles. The number of hydrogen-bond acceptors (Lipinski definition) is 4. The minimum atomic E-state index is -3.88. The summed E-state index contributed by atoms with van der Waals surface area (Å²) >= 11 is 7.80. The first-order valence-electron chi connectivity index (χ1n) is 5.61. The van der Waals surface area contributed by atoms with Crippen LogP contribution in [0.5, 0.6) is 0 Å². The van der Waals surface area contributed by atoms with Crippen molar-refractivity contribution in [2.75, 3.05) is 10.5 Å². The Kier molecular flexibility index (Phi) is 4.61. The van der Waals surface area contributed by atoms with E-state index in [-0.39, 0.29) is 10.5 Å². The van der Waals surface area contributed by atoms with E-state index in [0.29, 0.717) is 20.0 Å². The van der Waals surface area contributed by atoms with E-state index in [0.717, 1.165) is 0 Å². The van der Waals surface area contributed by atoms with Gasteiger partial charge in [-0.15, -0.1) is 0 Å². The van der Waals surface area contributed by atoms with Crippen molar-refractivity contribution in [1.29, 1.82) is 5.26 Å². The Labute approximate surface area is 140 Å². The maximum Gasteiger partial charge on any atom is 0.263 e. The molecule has 108 valence electrons. The number of halogens is 2. The summed E-state index contributed by atoms with van der Waals surface area (Å²) < 4.78 is 27.9. The van der Waals surface area contributed by atoms with Gasteiger partial charge in [0.2, 0.25) is 0 Å². The molecule has 21 heavy (non-hydrogen) atoms. The Bertz CT molecular complexity index is 847. The first-order valence-corrected chi connectivity index (χ1v) is 8.55. The molecule has 0 aliphatic rings. The van der Waals surface area contributed by atoms with Crippen LogP contribution in [0.15, 0.2) is 41.3 Å². The highest BCUT2D eigenvalue weighted by atomic mass is 127. The van der Waals surface area contributed by atoms with Crippen LogP contribution in [0.3, 0.4) is 0 Å². The summed E-state index contributed by atoms with van der Waals surface area (Å²) in [4.78, 5) is -0.120. The van der Waals surface area contributed by atoms with E-state index in [2.05, 4.69) is 4.72 Å². The molecule has 0 amide bonds. The highest BCUT2D eigenvalue weighted by Gasteiger charge is 2.20. The lowest BCUT2D eigenvalue weighted by Crippen LogP contribution is -2.15. The largest absolute Gasteiger partial charge is 0.399 e. The number of nitrogens with two attached hydrogens (primary N) is 1. The number of hydrogen-bond donors (Lipinski definition) is 2. The second-order valence-corrected chi connectivity index (χ2v) is 7.35. The number of rotatable bonds is 3. The molecular weight excluding hydrogens is 425 g/mol. The number of sulfonamides is 1. The fourth-order valence-electron chi connectivity index (χ4n) is 1.64. The van der Waals surface area contributed by atoms with Crippen LogP contribution in [0.1, 0.15) is 5.56 Å². The molecule has 8 heteroatoms. The SMILES string of the molecule is N#Cc1cc(N)ccc1S(=O)(=O)Nc1ccc(Cl)cc1I. The lowest BCUT2D eigenvalue weighted by molar-refractivity contribution is 0.601. The topological polar surface area (TPSA) is 96.0 Å². The molecule has 2 aromatic rings. The maximum absolute atomic E-state index is 12.4. The van der Waals surface area contributed by atoms with Crippen molar-refractivity contribution in [3.63, 3.8) is 0 Å². The molecule has 0 saturated heterocycles.